The van der Waals surface area contributed by atoms with E-state index in [0.29, 0.717) is 11.4 Å². The number of carbonyl (C=O) groups excluding carboxylic acids is 2. The molecule has 0 aliphatic heterocycles. The van der Waals surface area contributed by atoms with Crippen molar-refractivity contribution in [2.45, 2.75) is 13.8 Å². The van der Waals surface area contributed by atoms with Crippen LogP contribution in [0, 0.1) is 10.1 Å². The first-order valence-corrected chi connectivity index (χ1v) is 10.2. The van der Waals surface area contributed by atoms with Crippen LogP contribution in [-0.2, 0) is 4.79 Å². The number of benzene rings is 1. The summed E-state index contributed by atoms with van der Waals surface area (Å²) in [6.07, 6.45) is 0. The molecule has 1 aromatic carbocycles. The third-order valence-corrected chi connectivity index (χ3v) is 5.28. The van der Waals surface area contributed by atoms with Crippen molar-refractivity contribution in [3.8, 4) is 5.75 Å². The number of methoxy groups -OCH3 is 1. The van der Waals surface area contributed by atoms with E-state index >= 15 is 0 Å². The standard InChI is InChI=1S/C19H23N5O7S/c1-11(27)18-10-16(24(29)30)19(32-18)22-21-14-9-17(31-3)15(8-13(14)20-12(2)28)23(4-6-25)5-7-26/h8-10,25-26H,4-7H2,1-3H3,(H,20,28). The van der Waals surface area contributed by atoms with Gasteiger partial charge >= 0.3 is 5.69 Å². The Morgan fingerprint density at radius 2 is 1.84 bits per heavy atom. The monoisotopic (exact) mass is 465 g/mol. The fourth-order valence-electron chi connectivity index (χ4n) is 2.78. The lowest BCUT2D eigenvalue weighted by atomic mass is 10.2. The minimum absolute atomic E-state index is 0.0702. The molecule has 13 heteroatoms. The van der Waals surface area contributed by atoms with Crippen LogP contribution < -0.4 is 15.0 Å². The van der Waals surface area contributed by atoms with Gasteiger partial charge in [0.05, 0.1) is 41.5 Å². The molecular weight excluding hydrogens is 442 g/mol. The van der Waals surface area contributed by atoms with Crippen LogP contribution >= 0.6 is 11.3 Å². The average Bonchev–Trinajstić information content (AvgIpc) is 3.17. The van der Waals surface area contributed by atoms with Crippen molar-refractivity contribution in [3.63, 3.8) is 0 Å². The zero-order valence-corrected chi connectivity index (χ0v) is 18.5. The van der Waals surface area contributed by atoms with E-state index in [1.54, 1.807) is 11.0 Å². The maximum absolute atomic E-state index is 11.7. The fourth-order valence-corrected chi connectivity index (χ4v) is 3.62. The normalized spacial score (nSPS) is 10.9. The highest BCUT2D eigenvalue weighted by Crippen LogP contribution is 2.42. The van der Waals surface area contributed by atoms with Crippen LogP contribution in [0.5, 0.6) is 5.75 Å². The molecule has 0 atom stereocenters. The number of aliphatic hydroxyl groups excluding tert-OH is 2. The molecule has 0 aliphatic rings. The largest absolute Gasteiger partial charge is 0.494 e. The molecule has 0 spiro atoms. The lowest BCUT2D eigenvalue weighted by molar-refractivity contribution is -0.383. The third-order valence-electron chi connectivity index (χ3n) is 4.17. The highest BCUT2D eigenvalue weighted by Gasteiger charge is 2.22. The first-order valence-electron chi connectivity index (χ1n) is 9.39. The first-order chi connectivity index (χ1) is 15.2. The summed E-state index contributed by atoms with van der Waals surface area (Å²) in [5, 5.41) is 40.5. The SMILES string of the molecule is COc1cc(N=Nc2sc(C(C)=O)cc2[N+](=O)[O-])c(NC(C)=O)cc1N(CCO)CCO. The smallest absolute Gasteiger partial charge is 0.308 e. The zero-order chi connectivity index (χ0) is 23.8. The van der Waals surface area contributed by atoms with Crippen molar-refractivity contribution >= 4 is 50.8 Å². The number of amides is 1. The second-order valence-corrected chi connectivity index (χ2v) is 7.50. The van der Waals surface area contributed by atoms with Gasteiger partial charge in [0, 0.05) is 32.1 Å². The fraction of sp³-hybridized carbons (Fsp3) is 0.368. The lowest BCUT2D eigenvalue weighted by Crippen LogP contribution is -2.30. The Bertz CT molecular complexity index is 1030. The van der Waals surface area contributed by atoms with E-state index < -0.39 is 10.8 Å². The maximum Gasteiger partial charge on any atom is 0.308 e. The van der Waals surface area contributed by atoms with E-state index in [-0.39, 0.29) is 59.0 Å². The van der Waals surface area contributed by atoms with Gasteiger partial charge in [0.2, 0.25) is 10.9 Å². The van der Waals surface area contributed by atoms with Gasteiger partial charge in [-0.2, -0.15) is 0 Å². The number of thiophene rings is 1. The molecule has 32 heavy (non-hydrogen) atoms. The maximum atomic E-state index is 11.7. The number of nitrogens with zero attached hydrogens (tertiary/aromatic N) is 4. The van der Waals surface area contributed by atoms with Gasteiger partial charge in [0.15, 0.2) is 5.78 Å². The number of nitro groups is 1. The van der Waals surface area contributed by atoms with Crippen LogP contribution in [0.3, 0.4) is 0 Å². The molecule has 172 valence electrons. The summed E-state index contributed by atoms with van der Waals surface area (Å²) in [6, 6.07) is 4.16. The Kier molecular flexibility index (Phi) is 8.75. The second kappa shape index (κ2) is 11.3. The molecular formula is C19H23N5O7S. The van der Waals surface area contributed by atoms with Gasteiger partial charge in [-0.05, 0) is 13.0 Å². The number of anilines is 2. The quantitative estimate of drug-likeness (QED) is 0.197. The number of nitrogens with one attached hydrogen (secondary N) is 1. The van der Waals surface area contributed by atoms with E-state index in [0.717, 1.165) is 17.4 Å². The highest BCUT2D eigenvalue weighted by atomic mass is 32.1. The Morgan fingerprint density at radius 1 is 1.19 bits per heavy atom. The zero-order valence-electron chi connectivity index (χ0n) is 17.7. The summed E-state index contributed by atoms with van der Waals surface area (Å²) >= 11 is 0.832. The van der Waals surface area contributed by atoms with Gasteiger partial charge in [-0.3, -0.25) is 19.7 Å². The van der Waals surface area contributed by atoms with E-state index in [1.807, 2.05) is 0 Å². The van der Waals surface area contributed by atoms with Gasteiger partial charge in [-0.25, -0.2) is 0 Å². The van der Waals surface area contributed by atoms with Crippen LogP contribution in [0.25, 0.3) is 0 Å². The van der Waals surface area contributed by atoms with Gasteiger partial charge < -0.3 is 25.2 Å². The Balaban J connectivity index is 2.58. The van der Waals surface area contributed by atoms with Crippen LogP contribution in [0.4, 0.5) is 27.8 Å². The molecule has 0 saturated carbocycles. The molecule has 0 aliphatic carbocycles. The van der Waals surface area contributed by atoms with Gasteiger partial charge in [-0.15, -0.1) is 21.6 Å². The molecule has 0 unspecified atom stereocenters. The Morgan fingerprint density at radius 3 is 2.34 bits per heavy atom. The average molecular weight is 465 g/mol. The summed E-state index contributed by atoms with van der Waals surface area (Å²) in [5.41, 5.74) is 0.523. The predicted octanol–water partition coefficient (Wildman–Crippen LogP) is 3.03. The van der Waals surface area contributed by atoms with Crippen LogP contribution in [0.15, 0.2) is 28.4 Å². The Hall–Kier alpha value is -3.42. The number of hydrogen-bond acceptors (Lipinski definition) is 11. The van der Waals surface area contributed by atoms with E-state index in [4.69, 9.17) is 4.74 Å². The summed E-state index contributed by atoms with van der Waals surface area (Å²) in [5.74, 6) is -0.410. The second-order valence-electron chi connectivity index (χ2n) is 6.47. The molecule has 0 saturated heterocycles. The summed E-state index contributed by atoms with van der Waals surface area (Å²) in [6.45, 7) is 2.63. The topological polar surface area (TPSA) is 167 Å². The first kappa shape index (κ1) is 24.8. The molecule has 1 heterocycles. The number of carbonyl (C=O) groups is 2. The summed E-state index contributed by atoms with van der Waals surface area (Å²) in [7, 11) is 1.41. The van der Waals surface area contributed by atoms with Crippen molar-refractivity contribution in [2.75, 3.05) is 43.6 Å². The van der Waals surface area contributed by atoms with Gasteiger partial charge in [0.25, 0.3) is 0 Å². The third kappa shape index (κ3) is 6.06. The highest BCUT2D eigenvalue weighted by molar-refractivity contribution is 7.18. The summed E-state index contributed by atoms with van der Waals surface area (Å²) in [4.78, 5) is 35.8. The molecule has 1 amide bonds. The number of hydrogen-bond donors (Lipinski definition) is 3. The van der Waals surface area contributed by atoms with Crippen molar-refractivity contribution in [1.82, 2.24) is 0 Å². The number of ketones is 1. The molecule has 0 bridgehead atoms. The number of ether oxygens (including phenoxy) is 1. The molecule has 0 radical (unpaired) electrons. The predicted molar refractivity (Wildman–Crippen MR) is 119 cm³/mol. The van der Waals surface area contributed by atoms with E-state index in [2.05, 4.69) is 15.5 Å². The Labute approximate surface area is 187 Å². The van der Waals surface area contributed by atoms with Crippen molar-refractivity contribution < 1.29 is 29.5 Å². The molecule has 0 fully saturated rings. The minimum Gasteiger partial charge on any atom is -0.494 e. The van der Waals surface area contributed by atoms with Crippen LogP contribution in [0.2, 0.25) is 0 Å². The number of Topliss-reactive ketones (excluding diaryl/α,β-unsaturated/α-hetero) is 1. The summed E-state index contributed by atoms with van der Waals surface area (Å²) < 4.78 is 5.40. The number of rotatable bonds is 11. The van der Waals surface area contributed by atoms with Gasteiger partial charge in [0.1, 0.15) is 11.4 Å². The lowest BCUT2D eigenvalue weighted by Gasteiger charge is -2.26. The van der Waals surface area contributed by atoms with Gasteiger partial charge in [-0.1, -0.05) is 0 Å². The number of aliphatic hydroxyl groups is 2. The molecule has 2 aromatic rings. The van der Waals surface area contributed by atoms with E-state index in [1.165, 1.54) is 27.0 Å². The van der Waals surface area contributed by atoms with Crippen molar-refractivity contribution in [2.24, 2.45) is 10.2 Å². The molecule has 1 aromatic heterocycles. The molecule has 2 rings (SSSR count). The van der Waals surface area contributed by atoms with Crippen molar-refractivity contribution in [1.29, 1.82) is 0 Å². The number of azo groups is 1. The van der Waals surface area contributed by atoms with Crippen LogP contribution in [-0.4, -0.2) is 60.2 Å². The van der Waals surface area contributed by atoms with Crippen molar-refractivity contribution in [3.05, 3.63) is 33.2 Å². The molecule has 3 N–H and O–H groups in total. The molecule has 12 nitrogen and oxygen atoms in total. The minimum atomic E-state index is -0.655. The van der Waals surface area contributed by atoms with E-state index in [9.17, 15) is 29.9 Å². The van der Waals surface area contributed by atoms with Crippen LogP contribution in [0.1, 0.15) is 23.5 Å².